The van der Waals surface area contributed by atoms with Gasteiger partial charge in [-0.2, -0.15) is 0 Å². The molecule has 1 aliphatic rings. The van der Waals surface area contributed by atoms with E-state index in [9.17, 15) is 4.79 Å². The summed E-state index contributed by atoms with van der Waals surface area (Å²) in [6.45, 7) is 6.11. The van der Waals surface area contributed by atoms with Gasteiger partial charge in [0, 0.05) is 19.6 Å². The number of rotatable bonds is 7. The van der Waals surface area contributed by atoms with Crippen molar-refractivity contribution in [3.05, 3.63) is 35.4 Å². The third kappa shape index (κ3) is 5.85. The molecule has 0 bridgehead atoms. The van der Waals surface area contributed by atoms with Gasteiger partial charge in [0.2, 0.25) is 5.91 Å². The SMILES string of the molecule is CCCNC(N)=NCc1cccc(CN2CCCC(C(N)=O)C2)c1. The maximum absolute atomic E-state index is 11.4. The lowest BCUT2D eigenvalue weighted by Crippen LogP contribution is -2.40. The van der Waals surface area contributed by atoms with E-state index in [0.717, 1.165) is 51.0 Å². The van der Waals surface area contributed by atoms with E-state index in [1.54, 1.807) is 0 Å². The minimum Gasteiger partial charge on any atom is -0.370 e. The Morgan fingerprint density at radius 3 is 2.92 bits per heavy atom. The number of nitrogens with zero attached hydrogens (tertiary/aromatic N) is 2. The monoisotopic (exact) mass is 331 g/mol. The Morgan fingerprint density at radius 1 is 1.38 bits per heavy atom. The molecular formula is C18H29N5O. The van der Waals surface area contributed by atoms with Crippen LogP contribution >= 0.6 is 0 Å². The van der Waals surface area contributed by atoms with Crippen molar-refractivity contribution >= 4 is 11.9 Å². The van der Waals surface area contributed by atoms with Gasteiger partial charge in [-0.25, -0.2) is 4.99 Å². The summed E-state index contributed by atoms with van der Waals surface area (Å²) in [4.78, 5) is 18.1. The average Bonchev–Trinajstić information content (AvgIpc) is 2.58. The van der Waals surface area contributed by atoms with Crippen LogP contribution in [0, 0.1) is 5.92 Å². The van der Waals surface area contributed by atoms with Crippen LogP contribution < -0.4 is 16.8 Å². The van der Waals surface area contributed by atoms with E-state index in [4.69, 9.17) is 11.5 Å². The summed E-state index contributed by atoms with van der Waals surface area (Å²) in [5.74, 6) is 0.288. The van der Waals surface area contributed by atoms with Crippen LogP contribution in [0.2, 0.25) is 0 Å². The van der Waals surface area contributed by atoms with Gasteiger partial charge in [-0.15, -0.1) is 0 Å². The number of hydrogen-bond donors (Lipinski definition) is 3. The molecular weight excluding hydrogens is 302 g/mol. The van der Waals surface area contributed by atoms with Gasteiger partial charge in [0.15, 0.2) is 5.96 Å². The number of nitrogens with one attached hydrogen (secondary N) is 1. The molecule has 132 valence electrons. The highest BCUT2D eigenvalue weighted by Crippen LogP contribution is 2.18. The van der Waals surface area contributed by atoms with Crippen LogP contribution in [-0.4, -0.2) is 36.4 Å². The quantitative estimate of drug-likeness (QED) is 0.516. The molecule has 24 heavy (non-hydrogen) atoms. The minimum atomic E-state index is -0.183. The maximum Gasteiger partial charge on any atom is 0.221 e. The van der Waals surface area contributed by atoms with Gasteiger partial charge >= 0.3 is 0 Å². The predicted molar refractivity (Wildman–Crippen MR) is 97.3 cm³/mol. The average molecular weight is 331 g/mol. The standard InChI is InChI=1S/C18H29N5O/c1-2-8-21-18(20)22-11-14-5-3-6-15(10-14)12-23-9-4-7-16(13-23)17(19)24/h3,5-6,10,16H,2,4,7-9,11-13H2,1H3,(H2,19,24)(H3,20,21,22). The van der Waals surface area contributed by atoms with Crippen LogP contribution in [0.3, 0.4) is 0 Å². The topological polar surface area (TPSA) is 96.7 Å². The summed E-state index contributed by atoms with van der Waals surface area (Å²) < 4.78 is 0. The highest BCUT2D eigenvalue weighted by molar-refractivity contribution is 5.77. The summed E-state index contributed by atoms with van der Waals surface area (Å²) in [7, 11) is 0. The van der Waals surface area contributed by atoms with Gasteiger partial charge in [-0.05, 0) is 36.9 Å². The number of carbonyl (C=O) groups is 1. The van der Waals surface area contributed by atoms with E-state index in [0.29, 0.717) is 12.5 Å². The molecule has 1 unspecified atom stereocenters. The molecule has 1 heterocycles. The van der Waals surface area contributed by atoms with Gasteiger partial charge in [-0.3, -0.25) is 9.69 Å². The maximum atomic E-state index is 11.4. The van der Waals surface area contributed by atoms with Crippen molar-refractivity contribution in [1.82, 2.24) is 10.2 Å². The molecule has 1 amide bonds. The van der Waals surface area contributed by atoms with Crippen LogP contribution in [0.5, 0.6) is 0 Å². The molecule has 0 aromatic heterocycles. The van der Waals surface area contributed by atoms with Gasteiger partial charge in [0.25, 0.3) is 0 Å². The van der Waals surface area contributed by atoms with Crippen LogP contribution in [-0.2, 0) is 17.9 Å². The second-order valence-corrected chi connectivity index (χ2v) is 6.42. The second kappa shape index (κ2) is 9.27. The summed E-state index contributed by atoms with van der Waals surface area (Å²) in [5.41, 5.74) is 13.6. The zero-order valence-corrected chi connectivity index (χ0v) is 14.5. The molecule has 1 fully saturated rings. The number of likely N-dealkylation sites (tertiary alicyclic amines) is 1. The van der Waals surface area contributed by atoms with Crippen molar-refractivity contribution in [1.29, 1.82) is 0 Å². The lowest BCUT2D eigenvalue weighted by atomic mass is 9.97. The molecule has 1 saturated heterocycles. The first-order valence-electron chi connectivity index (χ1n) is 8.71. The van der Waals surface area contributed by atoms with Crippen LogP contribution in [0.1, 0.15) is 37.3 Å². The molecule has 0 aliphatic carbocycles. The number of nitrogens with two attached hydrogens (primary N) is 2. The predicted octanol–water partition coefficient (Wildman–Crippen LogP) is 1.20. The summed E-state index contributed by atoms with van der Waals surface area (Å²) in [5, 5.41) is 3.07. The Kier molecular flexibility index (Phi) is 7.06. The van der Waals surface area contributed by atoms with Crippen molar-refractivity contribution in [3.8, 4) is 0 Å². The minimum absolute atomic E-state index is 0.0176. The van der Waals surface area contributed by atoms with Crippen LogP contribution in [0.15, 0.2) is 29.3 Å². The molecule has 1 aromatic rings. The van der Waals surface area contributed by atoms with Gasteiger partial charge in [0.1, 0.15) is 0 Å². The summed E-state index contributed by atoms with van der Waals surface area (Å²) in [6, 6.07) is 8.37. The fraction of sp³-hybridized carbons (Fsp3) is 0.556. The van der Waals surface area contributed by atoms with E-state index in [1.165, 1.54) is 5.56 Å². The zero-order valence-electron chi connectivity index (χ0n) is 14.5. The molecule has 6 heteroatoms. The summed E-state index contributed by atoms with van der Waals surface area (Å²) in [6.07, 6.45) is 2.95. The zero-order chi connectivity index (χ0) is 17.4. The molecule has 0 spiro atoms. The van der Waals surface area contributed by atoms with Crippen molar-refractivity contribution in [2.75, 3.05) is 19.6 Å². The third-order valence-corrected chi connectivity index (χ3v) is 4.29. The first-order chi connectivity index (χ1) is 11.6. The second-order valence-electron chi connectivity index (χ2n) is 6.42. The number of aliphatic imine (C=N–C) groups is 1. The molecule has 0 radical (unpaired) electrons. The molecule has 6 nitrogen and oxygen atoms in total. The van der Waals surface area contributed by atoms with Crippen LogP contribution in [0.4, 0.5) is 0 Å². The highest BCUT2D eigenvalue weighted by atomic mass is 16.1. The Morgan fingerprint density at radius 2 is 2.17 bits per heavy atom. The number of benzene rings is 1. The van der Waals surface area contributed by atoms with E-state index < -0.39 is 0 Å². The lowest BCUT2D eigenvalue weighted by Gasteiger charge is -2.31. The smallest absolute Gasteiger partial charge is 0.221 e. The molecule has 2 rings (SSSR count). The first-order valence-corrected chi connectivity index (χ1v) is 8.71. The van der Waals surface area contributed by atoms with Gasteiger partial charge in [-0.1, -0.05) is 31.2 Å². The largest absolute Gasteiger partial charge is 0.370 e. The fourth-order valence-electron chi connectivity index (χ4n) is 3.00. The molecule has 0 saturated carbocycles. The van der Waals surface area contributed by atoms with Crippen molar-refractivity contribution in [2.45, 2.75) is 39.3 Å². The Balaban J connectivity index is 1.91. The summed E-state index contributed by atoms with van der Waals surface area (Å²) >= 11 is 0. The Hall–Kier alpha value is -2.08. The Bertz CT molecular complexity index is 572. The highest BCUT2D eigenvalue weighted by Gasteiger charge is 2.23. The van der Waals surface area contributed by atoms with E-state index in [2.05, 4.69) is 40.3 Å². The number of guanidine groups is 1. The fourth-order valence-corrected chi connectivity index (χ4v) is 3.00. The van der Waals surface area contributed by atoms with Crippen molar-refractivity contribution in [2.24, 2.45) is 22.4 Å². The van der Waals surface area contributed by atoms with Crippen molar-refractivity contribution < 1.29 is 4.79 Å². The van der Waals surface area contributed by atoms with Crippen LogP contribution in [0.25, 0.3) is 0 Å². The third-order valence-electron chi connectivity index (χ3n) is 4.29. The molecule has 1 aromatic carbocycles. The normalized spacial score (nSPS) is 19.2. The molecule has 1 aliphatic heterocycles. The first kappa shape index (κ1) is 18.3. The number of carbonyl (C=O) groups excluding carboxylic acids is 1. The number of piperidine rings is 1. The lowest BCUT2D eigenvalue weighted by molar-refractivity contribution is -0.123. The molecule has 5 N–H and O–H groups in total. The number of hydrogen-bond acceptors (Lipinski definition) is 3. The van der Waals surface area contributed by atoms with Crippen molar-refractivity contribution in [3.63, 3.8) is 0 Å². The molecule has 1 atom stereocenters. The Labute approximate surface area is 144 Å². The van der Waals surface area contributed by atoms with Gasteiger partial charge < -0.3 is 16.8 Å². The number of primary amides is 1. The van der Waals surface area contributed by atoms with E-state index >= 15 is 0 Å². The van der Waals surface area contributed by atoms with Gasteiger partial charge in [0.05, 0.1) is 12.5 Å². The number of amides is 1. The van der Waals surface area contributed by atoms with E-state index in [1.807, 2.05) is 6.07 Å². The van der Waals surface area contributed by atoms with E-state index in [-0.39, 0.29) is 11.8 Å².